The number of aromatic nitrogens is 1. The van der Waals surface area contributed by atoms with Gasteiger partial charge in [-0.2, -0.15) is 0 Å². The number of hydrogen-bond donors (Lipinski definition) is 1. The minimum Gasteiger partial charge on any atom is -0.313 e. The Morgan fingerprint density at radius 3 is 3.07 bits per heavy atom. The first-order chi connectivity index (χ1) is 7.36. The Balaban J connectivity index is 1.91. The molecule has 82 valence electrons. The van der Waals surface area contributed by atoms with Crippen LogP contribution in [0.5, 0.6) is 0 Å². The Labute approximate surface area is 92.8 Å². The van der Waals surface area contributed by atoms with Gasteiger partial charge in [0.25, 0.3) is 0 Å². The molecule has 2 atom stereocenters. The molecule has 0 spiro atoms. The van der Waals surface area contributed by atoms with Crippen molar-refractivity contribution in [3.8, 4) is 0 Å². The smallest absolute Gasteiger partial charge is 0.127 e. The van der Waals surface area contributed by atoms with E-state index < -0.39 is 10.8 Å². The van der Waals surface area contributed by atoms with Gasteiger partial charge in [-0.3, -0.25) is 4.21 Å². The van der Waals surface area contributed by atoms with E-state index in [-0.39, 0.29) is 0 Å². The van der Waals surface area contributed by atoms with Crippen molar-refractivity contribution in [2.75, 3.05) is 12.3 Å². The van der Waals surface area contributed by atoms with Crippen LogP contribution in [0.15, 0.2) is 29.4 Å². The first-order valence-electron chi connectivity index (χ1n) is 5.39. The Morgan fingerprint density at radius 2 is 2.40 bits per heavy atom. The summed E-state index contributed by atoms with van der Waals surface area (Å²) in [7, 11) is -0.955. The summed E-state index contributed by atoms with van der Waals surface area (Å²) in [6.07, 6.45) is 5.32. The molecule has 4 heteroatoms. The van der Waals surface area contributed by atoms with Crippen molar-refractivity contribution in [3.63, 3.8) is 0 Å². The van der Waals surface area contributed by atoms with Crippen LogP contribution < -0.4 is 5.32 Å². The molecule has 0 saturated carbocycles. The topological polar surface area (TPSA) is 42.0 Å². The van der Waals surface area contributed by atoms with E-state index in [9.17, 15) is 4.21 Å². The molecule has 0 amide bonds. The van der Waals surface area contributed by atoms with Crippen molar-refractivity contribution in [2.45, 2.75) is 30.3 Å². The van der Waals surface area contributed by atoms with E-state index in [2.05, 4.69) is 10.3 Å². The average Bonchev–Trinajstić information content (AvgIpc) is 2.31. The fraction of sp³-hybridized carbons (Fsp3) is 0.545. The quantitative estimate of drug-likeness (QED) is 0.842. The van der Waals surface area contributed by atoms with Gasteiger partial charge in [0.2, 0.25) is 0 Å². The highest BCUT2D eigenvalue weighted by molar-refractivity contribution is 7.85. The molecule has 1 fully saturated rings. The van der Waals surface area contributed by atoms with Gasteiger partial charge in [-0.25, -0.2) is 4.98 Å². The van der Waals surface area contributed by atoms with Gasteiger partial charge in [-0.15, -0.1) is 0 Å². The fourth-order valence-corrected chi connectivity index (χ4v) is 3.05. The van der Waals surface area contributed by atoms with E-state index in [1.54, 1.807) is 6.20 Å². The van der Waals surface area contributed by atoms with Crippen molar-refractivity contribution < 1.29 is 4.21 Å². The molecule has 1 aromatic heterocycles. The predicted octanol–water partition coefficient (Wildman–Crippen LogP) is 1.33. The third-order valence-electron chi connectivity index (χ3n) is 2.64. The molecule has 1 saturated heterocycles. The van der Waals surface area contributed by atoms with E-state index in [0.29, 0.717) is 16.8 Å². The lowest BCUT2D eigenvalue weighted by atomic mass is 10.1. The molecule has 2 heterocycles. The summed E-state index contributed by atoms with van der Waals surface area (Å²) in [6, 6.07) is 5.97. The van der Waals surface area contributed by atoms with Gasteiger partial charge in [0, 0.05) is 18.0 Å². The highest BCUT2D eigenvalue weighted by Crippen LogP contribution is 2.10. The molecule has 1 aliphatic heterocycles. The number of rotatable bonds is 3. The summed E-state index contributed by atoms with van der Waals surface area (Å²) < 4.78 is 11.9. The van der Waals surface area contributed by atoms with Crippen molar-refractivity contribution in [2.24, 2.45) is 0 Å². The maximum atomic E-state index is 11.9. The van der Waals surface area contributed by atoms with E-state index in [4.69, 9.17) is 0 Å². The Kier molecular flexibility index (Phi) is 3.86. The molecular weight excluding hydrogens is 208 g/mol. The summed E-state index contributed by atoms with van der Waals surface area (Å²) >= 11 is 0. The van der Waals surface area contributed by atoms with E-state index in [0.717, 1.165) is 13.0 Å². The van der Waals surface area contributed by atoms with Crippen molar-refractivity contribution >= 4 is 10.8 Å². The SMILES string of the molecule is O=[S@@](C[C@@H]1CCCCN1)c1ccccn1. The highest BCUT2D eigenvalue weighted by Gasteiger charge is 2.16. The number of piperidine rings is 1. The second-order valence-corrected chi connectivity index (χ2v) is 5.27. The number of hydrogen-bond acceptors (Lipinski definition) is 3. The van der Waals surface area contributed by atoms with Gasteiger partial charge in [-0.1, -0.05) is 12.5 Å². The third kappa shape index (κ3) is 3.11. The summed E-state index contributed by atoms with van der Waals surface area (Å²) in [4.78, 5) is 4.12. The van der Waals surface area contributed by atoms with E-state index in [1.165, 1.54) is 12.8 Å². The fourth-order valence-electron chi connectivity index (χ4n) is 1.82. The standard InChI is InChI=1S/C11H16N2OS/c14-15(11-6-2-4-8-13-11)9-10-5-1-3-7-12-10/h2,4,6,8,10,12H,1,3,5,7,9H2/t10-,15-/m0/s1. The molecule has 0 bridgehead atoms. The molecule has 1 aliphatic rings. The Bertz CT molecular complexity index is 323. The zero-order valence-corrected chi connectivity index (χ0v) is 9.50. The molecule has 3 nitrogen and oxygen atoms in total. The van der Waals surface area contributed by atoms with Crippen LogP contribution in [0, 0.1) is 0 Å². The second kappa shape index (κ2) is 5.37. The first kappa shape index (κ1) is 10.8. The predicted molar refractivity (Wildman–Crippen MR) is 61.2 cm³/mol. The Morgan fingerprint density at radius 1 is 1.47 bits per heavy atom. The van der Waals surface area contributed by atoms with Gasteiger partial charge in [-0.05, 0) is 31.5 Å². The number of nitrogens with one attached hydrogen (secondary N) is 1. The lowest BCUT2D eigenvalue weighted by Gasteiger charge is -2.22. The Hall–Kier alpha value is -0.740. The van der Waals surface area contributed by atoms with Crippen LogP contribution >= 0.6 is 0 Å². The highest BCUT2D eigenvalue weighted by atomic mass is 32.2. The molecule has 2 rings (SSSR count). The largest absolute Gasteiger partial charge is 0.313 e. The van der Waals surface area contributed by atoms with Crippen LogP contribution in [0.2, 0.25) is 0 Å². The zero-order valence-electron chi connectivity index (χ0n) is 8.69. The van der Waals surface area contributed by atoms with Gasteiger partial charge in [0.05, 0.1) is 10.8 Å². The van der Waals surface area contributed by atoms with Crippen molar-refractivity contribution in [1.29, 1.82) is 0 Å². The first-order valence-corrected chi connectivity index (χ1v) is 6.71. The van der Waals surface area contributed by atoms with Crippen LogP contribution in [0.25, 0.3) is 0 Å². The van der Waals surface area contributed by atoms with Gasteiger partial charge in [0.1, 0.15) is 5.03 Å². The summed E-state index contributed by atoms with van der Waals surface area (Å²) in [6.45, 7) is 1.06. The molecule has 15 heavy (non-hydrogen) atoms. The normalized spacial score (nSPS) is 23.6. The van der Waals surface area contributed by atoms with Crippen LogP contribution in [0.4, 0.5) is 0 Å². The van der Waals surface area contributed by atoms with Crippen molar-refractivity contribution in [3.05, 3.63) is 24.4 Å². The number of nitrogens with zero attached hydrogens (tertiary/aromatic N) is 1. The molecular formula is C11H16N2OS. The van der Waals surface area contributed by atoms with Crippen LogP contribution in [-0.2, 0) is 10.8 Å². The van der Waals surface area contributed by atoms with E-state index >= 15 is 0 Å². The van der Waals surface area contributed by atoms with Crippen molar-refractivity contribution in [1.82, 2.24) is 10.3 Å². The lowest BCUT2D eigenvalue weighted by molar-refractivity contribution is 0.427. The molecule has 0 aliphatic carbocycles. The molecule has 0 unspecified atom stereocenters. The average molecular weight is 224 g/mol. The summed E-state index contributed by atoms with van der Waals surface area (Å²) in [5.41, 5.74) is 0. The lowest BCUT2D eigenvalue weighted by Crippen LogP contribution is -2.38. The maximum Gasteiger partial charge on any atom is 0.127 e. The minimum atomic E-state index is -0.955. The molecule has 1 N–H and O–H groups in total. The van der Waals surface area contributed by atoms with Crippen LogP contribution in [0.1, 0.15) is 19.3 Å². The summed E-state index contributed by atoms with van der Waals surface area (Å²) in [5, 5.41) is 4.10. The van der Waals surface area contributed by atoms with Gasteiger partial charge >= 0.3 is 0 Å². The van der Waals surface area contributed by atoms with Gasteiger partial charge < -0.3 is 5.32 Å². The summed E-state index contributed by atoms with van der Waals surface area (Å²) in [5.74, 6) is 0.691. The third-order valence-corrected chi connectivity index (χ3v) is 4.05. The molecule has 0 radical (unpaired) electrons. The monoisotopic (exact) mass is 224 g/mol. The molecule has 0 aromatic carbocycles. The minimum absolute atomic E-state index is 0.404. The zero-order chi connectivity index (χ0) is 10.5. The van der Waals surface area contributed by atoms with Gasteiger partial charge in [0.15, 0.2) is 0 Å². The van der Waals surface area contributed by atoms with Crippen LogP contribution in [0.3, 0.4) is 0 Å². The second-order valence-electron chi connectivity index (χ2n) is 3.83. The van der Waals surface area contributed by atoms with Crippen LogP contribution in [-0.4, -0.2) is 27.5 Å². The van der Waals surface area contributed by atoms with E-state index in [1.807, 2.05) is 18.2 Å². The molecule has 1 aromatic rings. The number of pyridine rings is 1. The maximum absolute atomic E-state index is 11.9.